The number of amides is 1. The first-order chi connectivity index (χ1) is 10.8. The monoisotopic (exact) mass is 322 g/mol. The summed E-state index contributed by atoms with van der Waals surface area (Å²) in [6, 6.07) is 0.358. The summed E-state index contributed by atoms with van der Waals surface area (Å²) in [5.74, 6) is 0.447. The molecule has 1 fully saturated rings. The molecule has 2 atom stereocenters. The van der Waals surface area contributed by atoms with Gasteiger partial charge in [0.2, 0.25) is 0 Å². The lowest BCUT2D eigenvalue weighted by atomic mass is 9.94. The average molecular weight is 322 g/mol. The van der Waals surface area contributed by atoms with Crippen molar-refractivity contribution in [2.45, 2.75) is 52.2 Å². The number of likely N-dealkylation sites (N-methyl/N-ethyl adjacent to an activating group) is 1. The molecule has 1 amide bonds. The number of nitrogens with zero attached hydrogens (tertiary/aromatic N) is 3. The van der Waals surface area contributed by atoms with Gasteiger partial charge in [0.1, 0.15) is 5.60 Å². The van der Waals surface area contributed by atoms with Crippen LogP contribution in [-0.2, 0) is 18.2 Å². The largest absolute Gasteiger partial charge is 0.444 e. The Kier molecular flexibility index (Phi) is 5.68. The van der Waals surface area contributed by atoms with E-state index in [0.29, 0.717) is 12.0 Å². The Balaban J connectivity index is 1.94. The molecule has 1 aromatic heterocycles. The van der Waals surface area contributed by atoms with Crippen molar-refractivity contribution in [3.05, 3.63) is 18.0 Å². The van der Waals surface area contributed by atoms with Crippen LogP contribution < -0.4 is 5.32 Å². The van der Waals surface area contributed by atoms with E-state index in [1.807, 2.05) is 43.6 Å². The zero-order valence-electron chi connectivity index (χ0n) is 15.0. The Morgan fingerprint density at radius 3 is 2.83 bits per heavy atom. The zero-order valence-corrected chi connectivity index (χ0v) is 15.0. The SMILES string of the molecule is CCNC(Cc1cnn(C)c1)C1CCN(C(=O)OC(C)(C)C)C1. The number of hydrogen-bond donors (Lipinski definition) is 1. The van der Waals surface area contributed by atoms with Crippen LogP contribution in [0.3, 0.4) is 0 Å². The molecule has 1 aromatic rings. The molecule has 0 saturated carbocycles. The van der Waals surface area contributed by atoms with Crippen LogP contribution in [0, 0.1) is 5.92 Å². The van der Waals surface area contributed by atoms with Crippen LogP contribution in [0.1, 0.15) is 39.7 Å². The molecule has 2 heterocycles. The number of carbonyl (C=O) groups is 1. The summed E-state index contributed by atoms with van der Waals surface area (Å²) in [7, 11) is 1.94. The van der Waals surface area contributed by atoms with Gasteiger partial charge >= 0.3 is 6.09 Å². The molecule has 0 aromatic carbocycles. The van der Waals surface area contributed by atoms with Gasteiger partial charge in [0.05, 0.1) is 6.20 Å². The van der Waals surface area contributed by atoms with Gasteiger partial charge in [0, 0.05) is 32.4 Å². The average Bonchev–Trinajstić information content (AvgIpc) is 3.05. The van der Waals surface area contributed by atoms with E-state index in [1.165, 1.54) is 5.56 Å². The molecule has 6 nitrogen and oxygen atoms in total. The molecule has 0 aliphatic carbocycles. The first-order valence-electron chi connectivity index (χ1n) is 8.47. The summed E-state index contributed by atoms with van der Waals surface area (Å²) >= 11 is 0. The van der Waals surface area contributed by atoms with Crippen molar-refractivity contribution in [2.24, 2.45) is 13.0 Å². The highest BCUT2D eigenvalue weighted by Crippen LogP contribution is 2.24. The van der Waals surface area contributed by atoms with Crippen LogP contribution in [0.15, 0.2) is 12.4 Å². The molecule has 1 aliphatic heterocycles. The van der Waals surface area contributed by atoms with Gasteiger partial charge in [-0.25, -0.2) is 4.79 Å². The fraction of sp³-hybridized carbons (Fsp3) is 0.765. The molecule has 1 aliphatic rings. The van der Waals surface area contributed by atoms with E-state index >= 15 is 0 Å². The number of likely N-dealkylation sites (tertiary alicyclic amines) is 1. The molecule has 1 N–H and O–H groups in total. The van der Waals surface area contributed by atoms with Crippen LogP contribution in [-0.4, -0.2) is 52.1 Å². The third-order valence-electron chi connectivity index (χ3n) is 4.13. The number of aromatic nitrogens is 2. The van der Waals surface area contributed by atoms with Crippen LogP contribution in [0.4, 0.5) is 4.79 Å². The van der Waals surface area contributed by atoms with E-state index < -0.39 is 5.60 Å². The van der Waals surface area contributed by atoms with Crippen molar-refractivity contribution >= 4 is 6.09 Å². The van der Waals surface area contributed by atoms with Crippen molar-refractivity contribution in [1.29, 1.82) is 0 Å². The van der Waals surface area contributed by atoms with Crippen molar-refractivity contribution in [3.8, 4) is 0 Å². The molecule has 2 unspecified atom stereocenters. The maximum absolute atomic E-state index is 12.2. The maximum Gasteiger partial charge on any atom is 0.410 e. The first-order valence-corrected chi connectivity index (χ1v) is 8.47. The molecule has 23 heavy (non-hydrogen) atoms. The van der Waals surface area contributed by atoms with Gasteiger partial charge < -0.3 is 15.0 Å². The predicted molar refractivity (Wildman–Crippen MR) is 90.3 cm³/mol. The number of carbonyl (C=O) groups excluding carboxylic acids is 1. The minimum Gasteiger partial charge on any atom is -0.444 e. The molecule has 0 radical (unpaired) electrons. The van der Waals surface area contributed by atoms with Gasteiger partial charge in [0.15, 0.2) is 0 Å². The fourth-order valence-corrected chi connectivity index (χ4v) is 3.11. The molecule has 6 heteroatoms. The second-order valence-electron chi connectivity index (χ2n) is 7.37. The molecule has 0 bridgehead atoms. The van der Waals surface area contributed by atoms with E-state index in [1.54, 1.807) is 0 Å². The van der Waals surface area contributed by atoms with Crippen molar-refractivity contribution in [2.75, 3.05) is 19.6 Å². The summed E-state index contributed by atoms with van der Waals surface area (Å²) in [5, 5.41) is 7.82. The Morgan fingerprint density at radius 2 is 2.26 bits per heavy atom. The molecule has 2 rings (SSSR count). The van der Waals surface area contributed by atoms with E-state index in [9.17, 15) is 4.79 Å². The number of ether oxygens (including phenoxy) is 1. The Labute approximate surface area is 139 Å². The lowest BCUT2D eigenvalue weighted by molar-refractivity contribution is 0.0285. The lowest BCUT2D eigenvalue weighted by Gasteiger charge is -2.26. The minimum absolute atomic E-state index is 0.198. The number of aryl methyl sites for hydroxylation is 1. The van der Waals surface area contributed by atoms with Gasteiger partial charge in [-0.2, -0.15) is 5.10 Å². The second-order valence-corrected chi connectivity index (χ2v) is 7.37. The third kappa shape index (κ3) is 5.23. The van der Waals surface area contributed by atoms with E-state index in [2.05, 4.69) is 23.5 Å². The predicted octanol–water partition coefficient (Wildman–Crippen LogP) is 2.20. The molecule has 130 valence electrons. The highest BCUT2D eigenvalue weighted by atomic mass is 16.6. The van der Waals surface area contributed by atoms with Gasteiger partial charge in [-0.15, -0.1) is 0 Å². The molecule has 0 spiro atoms. The van der Waals surface area contributed by atoms with Gasteiger partial charge in [-0.05, 0) is 51.6 Å². The topological polar surface area (TPSA) is 59.4 Å². The van der Waals surface area contributed by atoms with Crippen molar-refractivity contribution < 1.29 is 9.53 Å². The van der Waals surface area contributed by atoms with E-state index in [-0.39, 0.29) is 6.09 Å². The smallest absolute Gasteiger partial charge is 0.410 e. The molecular weight excluding hydrogens is 292 g/mol. The molecular formula is C17H30N4O2. The number of nitrogens with one attached hydrogen (secondary N) is 1. The van der Waals surface area contributed by atoms with Crippen molar-refractivity contribution in [1.82, 2.24) is 20.0 Å². The summed E-state index contributed by atoms with van der Waals surface area (Å²) < 4.78 is 7.32. The summed E-state index contributed by atoms with van der Waals surface area (Å²) in [5.41, 5.74) is 0.792. The quantitative estimate of drug-likeness (QED) is 0.903. The minimum atomic E-state index is -0.439. The summed E-state index contributed by atoms with van der Waals surface area (Å²) in [4.78, 5) is 14.1. The zero-order chi connectivity index (χ0) is 17.0. The second kappa shape index (κ2) is 7.34. The normalized spacial score (nSPS) is 19.9. The van der Waals surface area contributed by atoms with Gasteiger partial charge in [-0.3, -0.25) is 4.68 Å². The Morgan fingerprint density at radius 1 is 1.52 bits per heavy atom. The van der Waals surface area contributed by atoms with E-state index in [0.717, 1.165) is 32.5 Å². The summed E-state index contributed by atoms with van der Waals surface area (Å²) in [6.07, 6.45) is 5.73. The highest BCUT2D eigenvalue weighted by Gasteiger charge is 2.33. The fourth-order valence-electron chi connectivity index (χ4n) is 3.11. The maximum atomic E-state index is 12.2. The number of hydrogen-bond acceptors (Lipinski definition) is 4. The Bertz CT molecular complexity index is 521. The van der Waals surface area contributed by atoms with Gasteiger partial charge in [-0.1, -0.05) is 6.92 Å². The Hall–Kier alpha value is -1.56. The first kappa shape index (κ1) is 17.8. The summed E-state index contributed by atoms with van der Waals surface area (Å²) in [6.45, 7) is 10.3. The van der Waals surface area contributed by atoms with Crippen LogP contribution in [0.25, 0.3) is 0 Å². The van der Waals surface area contributed by atoms with E-state index in [4.69, 9.17) is 4.74 Å². The van der Waals surface area contributed by atoms with Crippen LogP contribution in [0.5, 0.6) is 0 Å². The highest BCUT2D eigenvalue weighted by molar-refractivity contribution is 5.68. The lowest BCUT2D eigenvalue weighted by Crippen LogP contribution is -2.41. The van der Waals surface area contributed by atoms with Crippen LogP contribution >= 0.6 is 0 Å². The third-order valence-corrected chi connectivity index (χ3v) is 4.13. The van der Waals surface area contributed by atoms with Gasteiger partial charge in [0.25, 0.3) is 0 Å². The molecule has 1 saturated heterocycles. The standard InChI is InChI=1S/C17H30N4O2/c1-6-18-15(9-13-10-19-20(5)11-13)14-7-8-21(12-14)16(22)23-17(2,3)4/h10-11,14-15,18H,6-9,12H2,1-5H3. The number of rotatable bonds is 5. The van der Waals surface area contributed by atoms with Crippen molar-refractivity contribution in [3.63, 3.8) is 0 Å². The van der Waals surface area contributed by atoms with Crippen LogP contribution in [0.2, 0.25) is 0 Å².